The smallest absolute Gasteiger partial charge is 0.258 e. The monoisotopic (exact) mass is 323 g/mol. The molecule has 0 spiro atoms. The van der Waals surface area contributed by atoms with Crippen LogP contribution in [0.4, 0.5) is 0 Å². The maximum atomic E-state index is 12.3. The minimum atomic E-state index is -0.0914. The van der Waals surface area contributed by atoms with Crippen molar-refractivity contribution in [3.8, 4) is 5.75 Å². The van der Waals surface area contributed by atoms with Gasteiger partial charge in [-0.2, -0.15) is 0 Å². The van der Waals surface area contributed by atoms with Crippen LogP contribution in [0.1, 0.15) is 41.6 Å². The van der Waals surface area contributed by atoms with Gasteiger partial charge >= 0.3 is 0 Å². The summed E-state index contributed by atoms with van der Waals surface area (Å²) in [5, 5.41) is 2.98. The van der Waals surface area contributed by atoms with Gasteiger partial charge in [-0.15, -0.1) is 0 Å². The molecule has 24 heavy (non-hydrogen) atoms. The summed E-state index contributed by atoms with van der Waals surface area (Å²) in [4.78, 5) is 24.2. The molecular formula is C20H21NO3. The molecule has 2 aromatic carbocycles. The first-order chi connectivity index (χ1) is 11.7. The number of hydrogen-bond acceptors (Lipinski definition) is 3. The molecule has 0 aromatic heterocycles. The number of nitrogens with one attached hydrogen (secondary N) is 1. The summed E-state index contributed by atoms with van der Waals surface area (Å²) in [6.07, 6.45) is 4.48. The van der Waals surface area contributed by atoms with Gasteiger partial charge in [-0.3, -0.25) is 9.59 Å². The number of ketones is 1. The first-order valence-corrected chi connectivity index (χ1v) is 8.34. The summed E-state index contributed by atoms with van der Waals surface area (Å²) in [5.41, 5.74) is 1.26. The SMILES string of the molecule is O=C(COc1ccc(C(=O)c2ccccc2)cc1)NC1CCCC1. The van der Waals surface area contributed by atoms with E-state index in [1.807, 2.05) is 18.2 Å². The second-order valence-electron chi connectivity index (χ2n) is 6.06. The van der Waals surface area contributed by atoms with Gasteiger partial charge in [0.25, 0.3) is 5.91 Å². The maximum Gasteiger partial charge on any atom is 0.258 e. The Morgan fingerprint density at radius 1 is 0.917 bits per heavy atom. The fourth-order valence-corrected chi connectivity index (χ4v) is 2.95. The predicted molar refractivity (Wildman–Crippen MR) is 92.2 cm³/mol. The van der Waals surface area contributed by atoms with Gasteiger partial charge in [0.1, 0.15) is 5.75 Å². The molecule has 124 valence electrons. The Kier molecular flexibility index (Phi) is 5.26. The van der Waals surface area contributed by atoms with Crippen molar-refractivity contribution in [1.82, 2.24) is 5.32 Å². The Morgan fingerprint density at radius 2 is 1.54 bits per heavy atom. The van der Waals surface area contributed by atoms with Gasteiger partial charge in [0.05, 0.1) is 0 Å². The van der Waals surface area contributed by atoms with Crippen LogP contribution in [-0.4, -0.2) is 24.3 Å². The average molecular weight is 323 g/mol. The number of rotatable bonds is 6. The maximum absolute atomic E-state index is 12.3. The van der Waals surface area contributed by atoms with E-state index in [2.05, 4.69) is 5.32 Å². The third kappa shape index (κ3) is 4.22. The lowest BCUT2D eigenvalue weighted by molar-refractivity contribution is -0.123. The first-order valence-electron chi connectivity index (χ1n) is 8.34. The predicted octanol–water partition coefficient (Wildman–Crippen LogP) is 3.36. The van der Waals surface area contributed by atoms with Gasteiger partial charge in [0, 0.05) is 17.2 Å². The van der Waals surface area contributed by atoms with Crippen LogP contribution >= 0.6 is 0 Å². The topological polar surface area (TPSA) is 55.4 Å². The fraction of sp³-hybridized carbons (Fsp3) is 0.300. The van der Waals surface area contributed by atoms with Crippen molar-refractivity contribution >= 4 is 11.7 Å². The molecule has 4 nitrogen and oxygen atoms in total. The second kappa shape index (κ2) is 7.77. The van der Waals surface area contributed by atoms with Crippen molar-refractivity contribution in [2.75, 3.05) is 6.61 Å². The highest BCUT2D eigenvalue weighted by molar-refractivity contribution is 6.08. The summed E-state index contributed by atoms with van der Waals surface area (Å²) in [7, 11) is 0. The Balaban J connectivity index is 1.53. The molecule has 0 radical (unpaired) electrons. The summed E-state index contributed by atoms with van der Waals surface area (Å²) in [6.45, 7) is 0.00246. The summed E-state index contributed by atoms with van der Waals surface area (Å²) >= 11 is 0. The molecule has 0 aliphatic heterocycles. The zero-order valence-electron chi connectivity index (χ0n) is 13.5. The van der Waals surface area contributed by atoms with E-state index in [0.29, 0.717) is 22.9 Å². The van der Waals surface area contributed by atoms with Crippen LogP contribution in [0.2, 0.25) is 0 Å². The number of carbonyl (C=O) groups excluding carboxylic acids is 2. The molecule has 3 rings (SSSR count). The summed E-state index contributed by atoms with van der Waals surface area (Å²) < 4.78 is 5.50. The molecule has 0 atom stereocenters. The average Bonchev–Trinajstić information content (AvgIpc) is 3.13. The van der Waals surface area contributed by atoms with Crippen LogP contribution in [0.25, 0.3) is 0 Å². The lowest BCUT2D eigenvalue weighted by Crippen LogP contribution is -2.36. The third-order valence-electron chi connectivity index (χ3n) is 4.24. The minimum absolute atomic E-state index is 0.00246. The van der Waals surface area contributed by atoms with Crippen LogP contribution in [-0.2, 0) is 4.79 Å². The van der Waals surface area contributed by atoms with Gasteiger partial charge in [-0.1, -0.05) is 43.2 Å². The highest BCUT2D eigenvalue weighted by atomic mass is 16.5. The van der Waals surface area contributed by atoms with Crippen LogP contribution in [0.3, 0.4) is 0 Å². The first kappa shape index (κ1) is 16.2. The van der Waals surface area contributed by atoms with Gasteiger partial charge < -0.3 is 10.1 Å². The number of amides is 1. The number of hydrogen-bond donors (Lipinski definition) is 1. The van der Waals surface area contributed by atoms with E-state index in [1.54, 1.807) is 36.4 Å². The highest BCUT2D eigenvalue weighted by Gasteiger charge is 2.17. The van der Waals surface area contributed by atoms with E-state index in [1.165, 1.54) is 12.8 Å². The van der Waals surface area contributed by atoms with Gasteiger partial charge in [0.15, 0.2) is 12.4 Å². The van der Waals surface area contributed by atoms with Crippen molar-refractivity contribution in [2.45, 2.75) is 31.7 Å². The van der Waals surface area contributed by atoms with Crippen LogP contribution in [0.5, 0.6) is 5.75 Å². The quantitative estimate of drug-likeness (QED) is 0.829. The van der Waals surface area contributed by atoms with E-state index in [4.69, 9.17) is 4.74 Å². The molecule has 0 unspecified atom stereocenters. The molecule has 4 heteroatoms. The lowest BCUT2D eigenvalue weighted by atomic mass is 10.0. The van der Waals surface area contributed by atoms with E-state index < -0.39 is 0 Å². The lowest BCUT2D eigenvalue weighted by Gasteiger charge is -2.12. The van der Waals surface area contributed by atoms with Crippen LogP contribution in [0.15, 0.2) is 54.6 Å². The zero-order chi connectivity index (χ0) is 16.8. The number of benzene rings is 2. The Bertz CT molecular complexity index is 689. The van der Waals surface area contributed by atoms with Crippen molar-refractivity contribution in [3.05, 3.63) is 65.7 Å². The Morgan fingerprint density at radius 3 is 2.21 bits per heavy atom. The molecule has 0 saturated heterocycles. The molecule has 0 bridgehead atoms. The molecule has 1 amide bonds. The van der Waals surface area contributed by atoms with Gasteiger partial charge in [-0.25, -0.2) is 0 Å². The largest absolute Gasteiger partial charge is 0.484 e. The van der Waals surface area contributed by atoms with Gasteiger partial charge in [0.2, 0.25) is 0 Å². The molecule has 1 N–H and O–H groups in total. The van der Waals surface area contributed by atoms with E-state index >= 15 is 0 Å². The van der Waals surface area contributed by atoms with E-state index in [-0.39, 0.29) is 18.3 Å². The summed E-state index contributed by atoms with van der Waals surface area (Å²) in [6, 6.07) is 16.3. The zero-order valence-corrected chi connectivity index (χ0v) is 13.5. The molecule has 1 aliphatic rings. The van der Waals surface area contributed by atoms with Crippen molar-refractivity contribution in [2.24, 2.45) is 0 Å². The summed E-state index contributed by atoms with van der Waals surface area (Å²) in [5.74, 6) is 0.466. The second-order valence-corrected chi connectivity index (χ2v) is 6.06. The molecule has 1 saturated carbocycles. The number of ether oxygens (including phenoxy) is 1. The van der Waals surface area contributed by atoms with E-state index in [0.717, 1.165) is 12.8 Å². The number of carbonyl (C=O) groups is 2. The third-order valence-corrected chi connectivity index (χ3v) is 4.24. The molecule has 1 fully saturated rings. The van der Waals surface area contributed by atoms with Crippen molar-refractivity contribution in [1.29, 1.82) is 0 Å². The Hall–Kier alpha value is -2.62. The normalized spacial score (nSPS) is 14.3. The van der Waals surface area contributed by atoms with Crippen LogP contribution in [0, 0.1) is 0 Å². The van der Waals surface area contributed by atoms with Gasteiger partial charge in [-0.05, 0) is 37.1 Å². The van der Waals surface area contributed by atoms with Crippen LogP contribution < -0.4 is 10.1 Å². The molecule has 2 aromatic rings. The molecule has 1 aliphatic carbocycles. The Labute approximate surface area is 141 Å². The molecule has 0 heterocycles. The van der Waals surface area contributed by atoms with Crippen molar-refractivity contribution < 1.29 is 14.3 Å². The van der Waals surface area contributed by atoms with Crippen molar-refractivity contribution in [3.63, 3.8) is 0 Å². The highest BCUT2D eigenvalue weighted by Crippen LogP contribution is 2.18. The fourth-order valence-electron chi connectivity index (χ4n) is 2.95. The van der Waals surface area contributed by atoms with E-state index in [9.17, 15) is 9.59 Å². The standard InChI is InChI=1S/C20H21NO3/c22-19(21-17-8-4-5-9-17)14-24-18-12-10-16(11-13-18)20(23)15-6-2-1-3-7-15/h1-3,6-7,10-13,17H,4-5,8-9,14H2,(H,21,22). The minimum Gasteiger partial charge on any atom is -0.484 e. The molecular weight excluding hydrogens is 302 g/mol.